The summed E-state index contributed by atoms with van der Waals surface area (Å²) >= 11 is 0. The molecule has 0 amide bonds. The van der Waals surface area contributed by atoms with Crippen molar-refractivity contribution in [2.75, 3.05) is 0 Å². The Kier molecular flexibility index (Phi) is 4.60. The maximum absolute atomic E-state index is 10.5. The third-order valence-electron chi connectivity index (χ3n) is 7.48. The van der Waals surface area contributed by atoms with Crippen LogP contribution in [-0.4, -0.2) is 24.2 Å². The molecule has 0 fully saturated rings. The maximum Gasteiger partial charge on any atom is 0.146 e. The number of benzene rings is 4. The molecule has 5 heteroatoms. The minimum Gasteiger partial charge on any atom is -0.507 e. The zero-order valence-electron chi connectivity index (χ0n) is 20.9. The van der Waals surface area contributed by atoms with Gasteiger partial charge in [-0.1, -0.05) is 54.6 Å². The van der Waals surface area contributed by atoms with Crippen molar-refractivity contribution in [1.29, 1.82) is 0 Å². The topological polar surface area (TPSA) is 55.9 Å². The number of aromatic hydroxyl groups is 1. The van der Waals surface area contributed by atoms with Crippen LogP contribution in [0.15, 0.2) is 128 Å². The molecule has 8 rings (SSSR count). The summed E-state index contributed by atoms with van der Waals surface area (Å²) in [5, 5.41) is 15.0. The van der Waals surface area contributed by atoms with Gasteiger partial charge in [0, 0.05) is 44.7 Å². The third kappa shape index (κ3) is 3.20. The van der Waals surface area contributed by atoms with Crippen LogP contribution < -0.4 is 0 Å². The van der Waals surface area contributed by atoms with Crippen LogP contribution in [0.4, 0.5) is 0 Å². The summed E-state index contributed by atoms with van der Waals surface area (Å²) in [7, 11) is 0. The number of hydrogen-bond acceptors (Lipinski definition) is 3. The fourth-order valence-electron chi connectivity index (χ4n) is 5.77. The second kappa shape index (κ2) is 8.30. The first kappa shape index (κ1) is 21.6. The van der Waals surface area contributed by atoms with E-state index in [4.69, 9.17) is 9.97 Å². The molecule has 4 aromatic carbocycles. The molecule has 39 heavy (non-hydrogen) atoms. The van der Waals surface area contributed by atoms with E-state index in [0.29, 0.717) is 5.56 Å². The number of pyridine rings is 2. The monoisotopic (exact) mass is 502 g/mol. The van der Waals surface area contributed by atoms with Gasteiger partial charge in [0.1, 0.15) is 17.0 Å². The first-order valence-electron chi connectivity index (χ1n) is 12.9. The van der Waals surface area contributed by atoms with Gasteiger partial charge in [-0.2, -0.15) is 0 Å². The first-order chi connectivity index (χ1) is 19.3. The second-order valence-corrected chi connectivity index (χ2v) is 9.68. The second-order valence-electron chi connectivity index (χ2n) is 9.68. The van der Waals surface area contributed by atoms with E-state index in [9.17, 15) is 5.11 Å². The Hall–Kier alpha value is -5.42. The van der Waals surface area contributed by atoms with Crippen LogP contribution in [0.1, 0.15) is 0 Å². The lowest BCUT2D eigenvalue weighted by Crippen LogP contribution is -2.00. The largest absolute Gasteiger partial charge is 0.507 e. The molecule has 8 aromatic rings. The summed E-state index contributed by atoms with van der Waals surface area (Å²) < 4.78 is 4.43. The molecular weight excluding hydrogens is 480 g/mol. The van der Waals surface area contributed by atoms with Gasteiger partial charge in [0.05, 0.1) is 16.7 Å². The maximum atomic E-state index is 10.5. The van der Waals surface area contributed by atoms with Gasteiger partial charge < -0.3 is 5.11 Å². The molecule has 0 saturated heterocycles. The normalized spacial score (nSPS) is 11.7. The Bertz CT molecular complexity index is 2150. The summed E-state index contributed by atoms with van der Waals surface area (Å²) in [6.45, 7) is 0. The van der Waals surface area contributed by atoms with E-state index < -0.39 is 0 Å². The molecular formula is C34H22N4O. The molecule has 0 spiro atoms. The summed E-state index contributed by atoms with van der Waals surface area (Å²) in [5.74, 6) is 0.216. The molecule has 184 valence electrons. The van der Waals surface area contributed by atoms with Gasteiger partial charge in [-0.25, -0.2) is 9.97 Å². The Morgan fingerprint density at radius 1 is 0.513 bits per heavy atom. The van der Waals surface area contributed by atoms with Crippen molar-refractivity contribution in [2.24, 2.45) is 0 Å². The third-order valence-corrected chi connectivity index (χ3v) is 7.48. The van der Waals surface area contributed by atoms with Gasteiger partial charge in [-0.15, -0.1) is 0 Å². The van der Waals surface area contributed by atoms with Crippen LogP contribution in [-0.2, 0) is 0 Å². The predicted octanol–water partition coefficient (Wildman–Crippen LogP) is 8.04. The van der Waals surface area contributed by atoms with E-state index in [2.05, 4.69) is 94.1 Å². The first-order valence-corrected chi connectivity index (χ1v) is 12.9. The van der Waals surface area contributed by atoms with Crippen LogP contribution in [0.2, 0.25) is 0 Å². The van der Waals surface area contributed by atoms with E-state index in [1.165, 1.54) is 5.39 Å². The van der Waals surface area contributed by atoms with Gasteiger partial charge in [0.15, 0.2) is 0 Å². The lowest BCUT2D eigenvalue weighted by molar-refractivity contribution is 0.477. The van der Waals surface area contributed by atoms with Crippen molar-refractivity contribution in [3.05, 3.63) is 128 Å². The average molecular weight is 503 g/mol. The number of phenolic OH excluding ortho intramolecular Hbond substituents is 1. The summed E-state index contributed by atoms with van der Waals surface area (Å²) in [5.41, 5.74) is 7.43. The van der Waals surface area contributed by atoms with Crippen molar-refractivity contribution >= 4 is 43.9 Å². The molecule has 0 saturated carbocycles. The number of phenols is 1. The molecule has 1 N–H and O–H groups in total. The smallest absolute Gasteiger partial charge is 0.146 e. The lowest BCUT2D eigenvalue weighted by Gasteiger charge is -2.12. The van der Waals surface area contributed by atoms with E-state index in [1.807, 2.05) is 36.5 Å². The molecule has 0 unspecified atom stereocenters. The highest BCUT2D eigenvalue weighted by atomic mass is 16.3. The van der Waals surface area contributed by atoms with Crippen molar-refractivity contribution in [3.63, 3.8) is 0 Å². The van der Waals surface area contributed by atoms with Gasteiger partial charge >= 0.3 is 0 Å². The van der Waals surface area contributed by atoms with Crippen LogP contribution in [0.25, 0.3) is 66.5 Å². The number of nitrogens with zero attached hydrogens (tertiary/aromatic N) is 4. The molecule has 4 heterocycles. The SMILES string of the molecule is Oc1ccccc1-c1ccc2c3ccccc3n(-c3cccc(-n4c5ccccc5c5cccnc54)c3)c2n1. The highest BCUT2D eigenvalue weighted by molar-refractivity contribution is 6.09. The van der Waals surface area contributed by atoms with Crippen molar-refractivity contribution in [2.45, 2.75) is 0 Å². The minimum absolute atomic E-state index is 0.216. The quantitative estimate of drug-likeness (QED) is 0.266. The molecule has 0 atom stereocenters. The van der Waals surface area contributed by atoms with Crippen molar-refractivity contribution < 1.29 is 5.11 Å². The Labute approximate surface area is 223 Å². The molecule has 0 aliphatic carbocycles. The Balaban J connectivity index is 1.41. The van der Waals surface area contributed by atoms with Gasteiger partial charge in [0.2, 0.25) is 0 Å². The fourth-order valence-corrected chi connectivity index (χ4v) is 5.77. The summed E-state index contributed by atoms with van der Waals surface area (Å²) in [6, 6.07) is 40.9. The van der Waals surface area contributed by atoms with Gasteiger partial charge in [0.25, 0.3) is 0 Å². The number of para-hydroxylation sites is 3. The number of fused-ring (bicyclic) bond motifs is 6. The van der Waals surface area contributed by atoms with E-state index in [1.54, 1.807) is 6.07 Å². The van der Waals surface area contributed by atoms with Crippen molar-refractivity contribution in [1.82, 2.24) is 19.1 Å². The number of aromatic nitrogens is 4. The molecule has 0 aliphatic heterocycles. The minimum atomic E-state index is 0.216. The van der Waals surface area contributed by atoms with Gasteiger partial charge in [-0.3, -0.25) is 9.13 Å². The van der Waals surface area contributed by atoms with E-state index in [-0.39, 0.29) is 5.75 Å². The number of rotatable bonds is 3. The molecule has 0 bridgehead atoms. The Morgan fingerprint density at radius 3 is 1.87 bits per heavy atom. The van der Waals surface area contributed by atoms with Crippen LogP contribution >= 0.6 is 0 Å². The average Bonchev–Trinajstić information content (AvgIpc) is 3.50. The fraction of sp³-hybridized carbons (Fsp3) is 0. The van der Waals surface area contributed by atoms with Crippen LogP contribution in [0.3, 0.4) is 0 Å². The predicted molar refractivity (Wildman–Crippen MR) is 158 cm³/mol. The Morgan fingerprint density at radius 2 is 1.13 bits per heavy atom. The molecule has 4 aromatic heterocycles. The highest BCUT2D eigenvalue weighted by Crippen LogP contribution is 2.36. The highest BCUT2D eigenvalue weighted by Gasteiger charge is 2.17. The van der Waals surface area contributed by atoms with E-state index >= 15 is 0 Å². The zero-order valence-corrected chi connectivity index (χ0v) is 20.9. The van der Waals surface area contributed by atoms with E-state index in [0.717, 1.165) is 55.6 Å². The zero-order chi connectivity index (χ0) is 25.9. The molecule has 5 nitrogen and oxygen atoms in total. The van der Waals surface area contributed by atoms with Crippen LogP contribution in [0, 0.1) is 0 Å². The van der Waals surface area contributed by atoms with Crippen LogP contribution in [0.5, 0.6) is 5.75 Å². The van der Waals surface area contributed by atoms with Crippen molar-refractivity contribution in [3.8, 4) is 28.4 Å². The summed E-state index contributed by atoms with van der Waals surface area (Å²) in [4.78, 5) is 9.86. The van der Waals surface area contributed by atoms with Gasteiger partial charge in [-0.05, 0) is 66.7 Å². The summed E-state index contributed by atoms with van der Waals surface area (Å²) in [6.07, 6.45) is 1.85. The number of hydrogen-bond donors (Lipinski definition) is 1. The standard InChI is InChI=1S/C34H22N4O/c39-32-17-6-3-13-28(32)29-19-18-27-25-12-2-5-16-31(25)38(34(27)36-29)23-10-7-9-22(21-23)37-30-15-4-1-11-24(30)26-14-8-20-35-33(26)37/h1-21,39H. The lowest BCUT2D eigenvalue weighted by atomic mass is 10.1. The molecule has 0 radical (unpaired) electrons. The molecule has 0 aliphatic rings.